The van der Waals surface area contributed by atoms with E-state index in [1.54, 1.807) is 18.8 Å². The second-order valence-corrected chi connectivity index (χ2v) is 9.34. The van der Waals surface area contributed by atoms with Crippen LogP contribution in [0, 0.1) is 6.92 Å². The lowest BCUT2D eigenvalue weighted by molar-refractivity contribution is 0.214. The fourth-order valence-corrected chi connectivity index (χ4v) is 5.00. The summed E-state index contributed by atoms with van der Waals surface area (Å²) in [6, 6.07) is 22.0. The van der Waals surface area contributed by atoms with E-state index in [1.807, 2.05) is 42.5 Å². The molecule has 0 N–H and O–H groups in total. The zero-order valence-electron chi connectivity index (χ0n) is 21.3. The van der Waals surface area contributed by atoms with Gasteiger partial charge in [-0.05, 0) is 50.2 Å². The number of fused-ring (bicyclic) bond motifs is 1. The standard InChI is InChI=1S/C29H32N4O3/c1-20-9-11-22(12-10-20)32-16-15-31(18-21(32)2)19-28-30-25-8-6-5-7-24(25)29(34)33(28)26-17-23(35-3)13-14-27(26)36-4/h5-14,17,21H,15-16,18-19H2,1-4H3/t21-/m1/s1. The molecule has 2 heterocycles. The van der Waals surface area contributed by atoms with Gasteiger partial charge in [0, 0.05) is 37.4 Å². The minimum absolute atomic E-state index is 0.117. The minimum atomic E-state index is -0.117. The van der Waals surface area contributed by atoms with Crippen LogP contribution >= 0.6 is 0 Å². The van der Waals surface area contributed by atoms with Crippen LogP contribution in [0.4, 0.5) is 5.69 Å². The highest BCUT2D eigenvalue weighted by atomic mass is 16.5. The second-order valence-electron chi connectivity index (χ2n) is 9.34. The van der Waals surface area contributed by atoms with E-state index in [1.165, 1.54) is 11.3 Å². The minimum Gasteiger partial charge on any atom is -0.497 e. The van der Waals surface area contributed by atoms with Crippen molar-refractivity contribution in [1.29, 1.82) is 0 Å². The maximum absolute atomic E-state index is 13.8. The van der Waals surface area contributed by atoms with Crippen molar-refractivity contribution in [3.05, 3.63) is 88.5 Å². The zero-order valence-corrected chi connectivity index (χ0v) is 21.3. The highest BCUT2D eigenvalue weighted by Gasteiger charge is 2.26. The predicted molar refractivity (Wildman–Crippen MR) is 144 cm³/mol. The molecule has 0 saturated carbocycles. The van der Waals surface area contributed by atoms with Gasteiger partial charge in [0.25, 0.3) is 5.56 Å². The van der Waals surface area contributed by atoms with E-state index >= 15 is 0 Å². The highest BCUT2D eigenvalue weighted by molar-refractivity contribution is 5.78. The van der Waals surface area contributed by atoms with Gasteiger partial charge in [-0.15, -0.1) is 0 Å². The molecule has 4 aromatic rings. The molecule has 186 valence electrons. The smallest absolute Gasteiger partial charge is 0.266 e. The number of para-hydroxylation sites is 1. The fourth-order valence-electron chi connectivity index (χ4n) is 5.00. The molecule has 1 aliphatic rings. The first kappa shape index (κ1) is 23.9. The van der Waals surface area contributed by atoms with Gasteiger partial charge >= 0.3 is 0 Å². The fraction of sp³-hybridized carbons (Fsp3) is 0.310. The van der Waals surface area contributed by atoms with Crippen LogP contribution in [0.5, 0.6) is 11.5 Å². The van der Waals surface area contributed by atoms with E-state index < -0.39 is 0 Å². The highest BCUT2D eigenvalue weighted by Crippen LogP contribution is 2.29. The predicted octanol–water partition coefficient (Wildman–Crippen LogP) is 4.42. The number of benzene rings is 3. The number of hydrogen-bond acceptors (Lipinski definition) is 6. The molecule has 0 spiro atoms. The molecule has 3 aromatic carbocycles. The summed E-state index contributed by atoms with van der Waals surface area (Å²) in [6.07, 6.45) is 0. The second kappa shape index (κ2) is 10.0. The summed E-state index contributed by atoms with van der Waals surface area (Å²) < 4.78 is 12.8. The van der Waals surface area contributed by atoms with Gasteiger partial charge < -0.3 is 14.4 Å². The van der Waals surface area contributed by atoms with Gasteiger partial charge in [0.2, 0.25) is 0 Å². The molecule has 0 amide bonds. The molecule has 0 aliphatic carbocycles. The first-order valence-electron chi connectivity index (χ1n) is 12.3. The molecule has 5 rings (SSSR count). The van der Waals surface area contributed by atoms with Crippen molar-refractivity contribution >= 4 is 16.6 Å². The van der Waals surface area contributed by atoms with Crippen LogP contribution in [0.25, 0.3) is 16.6 Å². The Morgan fingerprint density at radius 1 is 0.972 bits per heavy atom. The molecule has 7 nitrogen and oxygen atoms in total. The number of nitrogens with zero attached hydrogens (tertiary/aromatic N) is 4. The summed E-state index contributed by atoms with van der Waals surface area (Å²) in [4.78, 5) is 23.6. The van der Waals surface area contributed by atoms with Crippen LogP contribution in [0.3, 0.4) is 0 Å². The Balaban J connectivity index is 1.52. The van der Waals surface area contributed by atoms with Gasteiger partial charge in [-0.3, -0.25) is 14.3 Å². The van der Waals surface area contributed by atoms with Crippen LogP contribution < -0.4 is 19.9 Å². The number of anilines is 1. The van der Waals surface area contributed by atoms with E-state index in [9.17, 15) is 4.79 Å². The van der Waals surface area contributed by atoms with Gasteiger partial charge in [-0.1, -0.05) is 29.8 Å². The number of ether oxygens (including phenoxy) is 2. The number of methoxy groups -OCH3 is 2. The molecule has 0 radical (unpaired) electrons. The summed E-state index contributed by atoms with van der Waals surface area (Å²) in [5.41, 5.74) is 3.71. The van der Waals surface area contributed by atoms with Crippen LogP contribution in [-0.4, -0.2) is 54.3 Å². The van der Waals surface area contributed by atoms with Gasteiger partial charge in [0.05, 0.1) is 37.4 Å². The molecular formula is C29H32N4O3. The average molecular weight is 485 g/mol. The Hall–Kier alpha value is -3.84. The molecule has 0 bridgehead atoms. The lowest BCUT2D eigenvalue weighted by atomic mass is 10.1. The summed E-state index contributed by atoms with van der Waals surface area (Å²) in [5.74, 6) is 1.92. The van der Waals surface area contributed by atoms with E-state index in [4.69, 9.17) is 14.5 Å². The summed E-state index contributed by atoms with van der Waals surface area (Å²) in [6.45, 7) is 7.55. The number of aryl methyl sites for hydroxylation is 1. The van der Waals surface area contributed by atoms with Crippen molar-refractivity contribution in [1.82, 2.24) is 14.5 Å². The number of hydrogen-bond donors (Lipinski definition) is 0. The molecule has 36 heavy (non-hydrogen) atoms. The Morgan fingerprint density at radius 2 is 1.75 bits per heavy atom. The zero-order chi connectivity index (χ0) is 25.2. The van der Waals surface area contributed by atoms with Crippen LogP contribution in [0.1, 0.15) is 18.3 Å². The third-order valence-corrected chi connectivity index (χ3v) is 6.91. The number of rotatable bonds is 6. The topological polar surface area (TPSA) is 59.8 Å². The first-order chi connectivity index (χ1) is 17.5. The Bertz CT molecular complexity index is 1430. The Morgan fingerprint density at radius 3 is 2.47 bits per heavy atom. The maximum Gasteiger partial charge on any atom is 0.266 e. The quantitative estimate of drug-likeness (QED) is 0.404. The summed E-state index contributed by atoms with van der Waals surface area (Å²) in [7, 11) is 3.22. The molecule has 1 aromatic heterocycles. The van der Waals surface area contributed by atoms with E-state index in [2.05, 4.69) is 47.9 Å². The van der Waals surface area contributed by atoms with E-state index in [0.29, 0.717) is 46.5 Å². The van der Waals surface area contributed by atoms with Crippen LogP contribution in [0.2, 0.25) is 0 Å². The van der Waals surface area contributed by atoms with Gasteiger partial charge in [0.1, 0.15) is 17.3 Å². The molecule has 1 saturated heterocycles. The van der Waals surface area contributed by atoms with Crippen LogP contribution in [-0.2, 0) is 6.54 Å². The van der Waals surface area contributed by atoms with Gasteiger partial charge in [-0.2, -0.15) is 0 Å². The summed E-state index contributed by atoms with van der Waals surface area (Å²) >= 11 is 0. The van der Waals surface area contributed by atoms with Crippen molar-refractivity contribution < 1.29 is 9.47 Å². The first-order valence-corrected chi connectivity index (χ1v) is 12.3. The van der Waals surface area contributed by atoms with Gasteiger partial charge in [-0.25, -0.2) is 4.98 Å². The van der Waals surface area contributed by atoms with Crippen molar-refractivity contribution in [3.63, 3.8) is 0 Å². The average Bonchev–Trinajstić information content (AvgIpc) is 2.89. The van der Waals surface area contributed by atoms with Crippen molar-refractivity contribution in [3.8, 4) is 17.2 Å². The molecule has 1 aliphatic heterocycles. The van der Waals surface area contributed by atoms with E-state index in [-0.39, 0.29) is 5.56 Å². The Kier molecular flexibility index (Phi) is 6.65. The molecular weight excluding hydrogens is 452 g/mol. The van der Waals surface area contributed by atoms with E-state index in [0.717, 1.165) is 19.6 Å². The lowest BCUT2D eigenvalue weighted by Gasteiger charge is -2.41. The largest absolute Gasteiger partial charge is 0.497 e. The van der Waals surface area contributed by atoms with Gasteiger partial charge in [0.15, 0.2) is 0 Å². The third kappa shape index (κ3) is 4.54. The monoisotopic (exact) mass is 484 g/mol. The van der Waals surface area contributed by atoms with Crippen molar-refractivity contribution in [2.45, 2.75) is 26.4 Å². The van der Waals surface area contributed by atoms with Crippen LogP contribution in [0.15, 0.2) is 71.5 Å². The molecule has 1 fully saturated rings. The van der Waals surface area contributed by atoms with Crippen molar-refractivity contribution in [2.75, 3.05) is 38.8 Å². The maximum atomic E-state index is 13.8. The third-order valence-electron chi connectivity index (χ3n) is 6.91. The Labute approximate surface area is 211 Å². The molecule has 0 unspecified atom stereocenters. The lowest BCUT2D eigenvalue weighted by Crippen LogP contribution is -2.52. The number of piperazine rings is 1. The molecule has 7 heteroatoms. The van der Waals surface area contributed by atoms with Crippen molar-refractivity contribution in [2.24, 2.45) is 0 Å². The number of aromatic nitrogens is 2. The molecule has 1 atom stereocenters. The summed E-state index contributed by atoms with van der Waals surface area (Å²) in [5, 5.41) is 0.573. The normalized spacial score (nSPS) is 16.3. The SMILES string of the molecule is COc1ccc(OC)c(-n2c(CN3CCN(c4ccc(C)cc4)[C@H](C)C3)nc3ccccc3c2=O)c1.